The minimum absolute atomic E-state index is 0.134. The average molecular weight is 560 g/mol. The molecule has 2 heterocycles. The zero-order valence-corrected chi connectivity index (χ0v) is 23.7. The van der Waals surface area contributed by atoms with Gasteiger partial charge in [0.2, 0.25) is 5.91 Å². The molecular formula is C31H37N5O5. The van der Waals surface area contributed by atoms with Crippen molar-refractivity contribution < 1.29 is 23.8 Å². The Kier molecular flexibility index (Phi) is 10.7. The number of rotatable bonds is 7. The van der Waals surface area contributed by atoms with Crippen LogP contribution in [0.5, 0.6) is 11.5 Å². The molecule has 3 aromatic carbocycles. The number of morpholine rings is 1. The number of nitrogens with zero attached hydrogens (tertiary/aromatic N) is 2. The molecule has 10 heteroatoms. The number of likely N-dealkylation sites (N-methyl/N-ethyl adjacent to an activating group) is 1. The van der Waals surface area contributed by atoms with Crippen molar-refractivity contribution in [3.05, 3.63) is 72.3 Å². The molecule has 1 amide bonds. The third kappa shape index (κ3) is 8.79. The number of hydrogen-bond donors (Lipinski definition) is 3. The maximum atomic E-state index is 11.4. The van der Waals surface area contributed by atoms with E-state index < -0.39 is 0 Å². The van der Waals surface area contributed by atoms with Crippen LogP contribution in [0.3, 0.4) is 0 Å². The van der Waals surface area contributed by atoms with E-state index in [4.69, 9.17) is 14.2 Å². The van der Waals surface area contributed by atoms with Crippen molar-refractivity contribution in [1.29, 1.82) is 0 Å². The lowest BCUT2D eigenvalue weighted by Crippen LogP contribution is -2.32. The summed E-state index contributed by atoms with van der Waals surface area (Å²) in [6.07, 6.45) is 2.86. The molecule has 1 aromatic heterocycles. The number of H-pyrrole nitrogens is 1. The largest absolute Gasteiger partial charge is 0.497 e. The van der Waals surface area contributed by atoms with Crippen LogP contribution in [-0.4, -0.2) is 74.9 Å². The van der Waals surface area contributed by atoms with Crippen LogP contribution in [0.1, 0.15) is 23.2 Å². The molecule has 1 saturated carbocycles. The Labute approximate surface area is 240 Å². The molecule has 10 nitrogen and oxygen atoms in total. The number of benzene rings is 3. The fourth-order valence-electron chi connectivity index (χ4n) is 4.00. The van der Waals surface area contributed by atoms with Gasteiger partial charge in [-0.1, -0.05) is 12.1 Å². The number of para-hydroxylation sites is 1. The predicted molar refractivity (Wildman–Crippen MR) is 160 cm³/mol. The summed E-state index contributed by atoms with van der Waals surface area (Å²) < 4.78 is 15.4. The number of aromatic amines is 1. The Morgan fingerprint density at radius 1 is 1.02 bits per heavy atom. The molecule has 0 spiro atoms. The molecule has 1 aliphatic heterocycles. The smallest absolute Gasteiger partial charge is 0.227 e. The maximum Gasteiger partial charge on any atom is 0.227 e. The summed E-state index contributed by atoms with van der Waals surface area (Å²) in [5.41, 5.74) is 3.06. The Hall–Kier alpha value is -4.41. The molecule has 216 valence electrons. The molecule has 2 aliphatic rings. The van der Waals surface area contributed by atoms with Crippen molar-refractivity contribution in [2.24, 2.45) is 5.92 Å². The van der Waals surface area contributed by atoms with Crippen LogP contribution >= 0.6 is 0 Å². The molecule has 3 N–H and O–H groups in total. The lowest BCUT2D eigenvalue weighted by molar-refractivity contribution is -0.117. The molecule has 41 heavy (non-hydrogen) atoms. The number of carbonyl (C=O) groups is 2. The van der Waals surface area contributed by atoms with Gasteiger partial charge in [-0.15, -0.1) is 0 Å². The maximum absolute atomic E-state index is 11.4. The highest BCUT2D eigenvalue weighted by Gasteiger charge is 2.29. The highest BCUT2D eigenvalue weighted by Crippen LogP contribution is 2.31. The summed E-state index contributed by atoms with van der Waals surface area (Å²) in [6, 6.07) is 20.4. The van der Waals surface area contributed by atoms with E-state index in [-0.39, 0.29) is 11.8 Å². The van der Waals surface area contributed by atoms with Gasteiger partial charge >= 0.3 is 0 Å². The second kappa shape index (κ2) is 14.8. The molecule has 1 saturated heterocycles. The van der Waals surface area contributed by atoms with E-state index in [0.717, 1.165) is 67.8 Å². The number of fused-ring (bicyclic) bond motifs is 1. The van der Waals surface area contributed by atoms with Crippen molar-refractivity contribution in [3.8, 4) is 11.5 Å². The van der Waals surface area contributed by atoms with E-state index >= 15 is 0 Å². The molecule has 4 aromatic rings. The Bertz CT molecular complexity index is 1410. The molecule has 6 rings (SSSR count). The first-order chi connectivity index (χ1) is 20.0. The van der Waals surface area contributed by atoms with Gasteiger partial charge in [-0.05, 0) is 74.5 Å². The summed E-state index contributed by atoms with van der Waals surface area (Å²) in [7, 11) is 5.32. The lowest BCUT2D eigenvalue weighted by atomic mass is 10.2. The highest BCUT2D eigenvalue weighted by molar-refractivity contribution is 5.94. The van der Waals surface area contributed by atoms with Gasteiger partial charge in [0.1, 0.15) is 17.8 Å². The van der Waals surface area contributed by atoms with Gasteiger partial charge in [-0.3, -0.25) is 14.7 Å². The van der Waals surface area contributed by atoms with Crippen molar-refractivity contribution in [3.63, 3.8) is 0 Å². The summed E-state index contributed by atoms with van der Waals surface area (Å²) in [4.78, 5) is 24.5. The van der Waals surface area contributed by atoms with Gasteiger partial charge in [0.05, 0.1) is 38.6 Å². The van der Waals surface area contributed by atoms with Gasteiger partial charge < -0.3 is 29.7 Å². The number of nitrogens with one attached hydrogen (secondary N) is 3. The molecule has 0 unspecified atom stereocenters. The van der Waals surface area contributed by atoms with Crippen molar-refractivity contribution in [2.45, 2.75) is 12.8 Å². The molecular weight excluding hydrogens is 522 g/mol. The minimum Gasteiger partial charge on any atom is -0.497 e. The fraction of sp³-hybridized carbons (Fsp3) is 0.323. The van der Waals surface area contributed by atoms with Gasteiger partial charge in [0, 0.05) is 35.6 Å². The number of amides is 1. The summed E-state index contributed by atoms with van der Waals surface area (Å²) >= 11 is 0. The van der Waals surface area contributed by atoms with Crippen molar-refractivity contribution >= 4 is 40.3 Å². The van der Waals surface area contributed by atoms with Crippen LogP contribution in [0.4, 0.5) is 17.2 Å². The Morgan fingerprint density at radius 3 is 2.37 bits per heavy atom. The molecule has 0 atom stereocenters. The number of anilines is 3. The Morgan fingerprint density at radius 2 is 1.76 bits per heavy atom. The normalized spacial score (nSPS) is 14.5. The zero-order valence-electron chi connectivity index (χ0n) is 23.7. The molecule has 2 fully saturated rings. The summed E-state index contributed by atoms with van der Waals surface area (Å²) in [5, 5.41) is 14.2. The summed E-state index contributed by atoms with van der Waals surface area (Å²) in [6.45, 7) is 4.02. The van der Waals surface area contributed by atoms with E-state index in [1.54, 1.807) is 32.4 Å². The van der Waals surface area contributed by atoms with Gasteiger partial charge in [0.25, 0.3) is 0 Å². The van der Waals surface area contributed by atoms with E-state index in [9.17, 15) is 9.59 Å². The SMILES string of the molecule is CN1CCOCC1.COc1ccc(C=O)cc1Nc1n[nH]c2ccccc12.COc1ccc(NC(=O)C2CC2)cc1. The third-order valence-corrected chi connectivity index (χ3v) is 6.62. The van der Waals surface area contributed by atoms with E-state index in [1.807, 2.05) is 48.5 Å². The van der Waals surface area contributed by atoms with Gasteiger partial charge in [-0.25, -0.2) is 0 Å². The van der Waals surface area contributed by atoms with Crippen LogP contribution in [-0.2, 0) is 9.53 Å². The number of hydrogen-bond acceptors (Lipinski definition) is 8. The number of aromatic nitrogens is 2. The zero-order chi connectivity index (χ0) is 29.0. The quantitative estimate of drug-likeness (QED) is 0.267. The van der Waals surface area contributed by atoms with Crippen LogP contribution < -0.4 is 20.1 Å². The topological polar surface area (TPSA) is 118 Å². The van der Waals surface area contributed by atoms with Crippen molar-refractivity contribution in [2.75, 3.05) is 58.2 Å². The van der Waals surface area contributed by atoms with E-state index in [0.29, 0.717) is 22.8 Å². The van der Waals surface area contributed by atoms with E-state index in [2.05, 4.69) is 32.8 Å². The average Bonchev–Trinajstić information content (AvgIpc) is 3.80. The molecule has 1 aliphatic carbocycles. The fourth-order valence-corrected chi connectivity index (χ4v) is 4.00. The first kappa shape index (κ1) is 29.6. The second-order valence-corrected chi connectivity index (χ2v) is 9.73. The van der Waals surface area contributed by atoms with Crippen LogP contribution in [0.2, 0.25) is 0 Å². The second-order valence-electron chi connectivity index (χ2n) is 9.73. The minimum atomic E-state index is 0.134. The predicted octanol–water partition coefficient (Wildman–Crippen LogP) is 5.12. The Balaban J connectivity index is 0.000000159. The number of carbonyl (C=O) groups excluding carboxylic acids is 2. The standard InChI is InChI=1S/C15H13N3O2.C11H13NO2.C5H11NO/c1-20-14-7-6-10(9-19)8-13(14)16-15-11-4-2-3-5-12(11)17-18-15;1-14-10-6-4-9(5-7-10)12-11(13)8-2-3-8;1-6-2-4-7-5-3-6/h2-9H,1H3,(H2,16,17,18);4-8H,2-3H2,1H3,(H,12,13);2-5H2,1H3. The number of methoxy groups -OCH3 is 2. The van der Waals surface area contributed by atoms with Crippen molar-refractivity contribution in [1.82, 2.24) is 15.1 Å². The van der Waals surface area contributed by atoms with Gasteiger partial charge in [-0.2, -0.15) is 5.10 Å². The number of ether oxygens (including phenoxy) is 3. The van der Waals surface area contributed by atoms with Crippen LogP contribution in [0.25, 0.3) is 10.9 Å². The molecule has 0 radical (unpaired) electrons. The first-order valence-corrected chi connectivity index (χ1v) is 13.5. The van der Waals surface area contributed by atoms with Gasteiger partial charge in [0.15, 0.2) is 5.82 Å². The first-order valence-electron chi connectivity index (χ1n) is 13.5. The third-order valence-electron chi connectivity index (χ3n) is 6.62. The molecule has 0 bridgehead atoms. The lowest BCUT2D eigenvalue weighted by Gasteiger charge is -2.21. The van der Waals surface area contributed by atoms with Crippen LogP contribution in [0.15, 0.2) is 66.7 Å². The number of aldehydes is 1. The highest BCUT2D eigenvalue weighted by atomic mass is 16.5. The van der Waals surface area contributed by atoms with E-state index in [1.165, 1.54) is 0 Å². The summed E-state index contributed by atoms with van der Waals surface area (Å²) in [5.74, 6) is 2.53. The van der Waals surface area contributed by atoms with Crippen LogP contribution in [0, 0.1) is 5.92 Å². The monoisotopic (exact) mass is 559 g/mol.